The number of hydrogen-bond acceptors (Lipinski definition) is 3. The van der Waals surface area contributed by atoms with Crippen LogP contribution in [0.15, 0.2) is 18.2 Å². The highest BCUT2D eigenvalue weighted by molar-refractivity contribution is 8.00. The molecule has 1 N–H and O–H groups in total. The van der Waals surface area contributed by atoms with E-state index < -0.39 is 5.60 Å². The Kier molecular flexibility index (Phi) is 3.52. The van der Waals surface area contributed by atoms with Crippen LogP contribution in [0.3, 0.4) is 0 Å². The average molecular weight is 278 g/mol. The van der Waals surface area contributed by atoms with Crippen molar-refractivity contribution in [1.82, 2.24) is 0 Å². The lowest BCUT2D eigenvalue weighted by atomic mass is 9.80. The van der Waals surface area contributed by atoms with Gasteiger partial charge in [0.1, 0.15) is 5.75 Å². The molecule has 2 atom stereocenters. The Hall–Kier alpha value is -0.670. The highest BCUT2D eigenvalue weighted by Gasteiger charge is 2.42. The van der Waals surface area contributed by atoms with Gasteiger partial charge in [-0.05, 0) is 55.9 Å². The molecular weight excluding hydrogens is 256 g/mol. The Morgan fingerprint density at radius 3 is 2.53 bits per heavy atom. The number of aliphatic hydroxyl groups is 1. The fourth-order valence-electron chi connectivity index (χ4n) is 3.52. The predicted molar refractivity (Wildman–Crippen MR) is 79.9 cm³/mol. The Labute approximate surface area is 119 Å². The number of ether oxygens (including phenoxy) is 1. The average Bonchev–Trinajstić information content (AvgIpc) is 2.38. The minimum absolute atomic E-state index is 0.627. The second-order valence-electron chi connectivity index (χ2n) is 5.94. The molecule has 19 heavy (non-hydrogen) atoms. The second kappa shape index (κ2) is 5.02. The predicted octanol–water partition coefficient (Wildman–Crippen LogP) is 3.64. The summed E-state index contributed by atoms with van der Waals surface area (Å²) in [6.45, 7) is 2.05. The molecule has 0 spiro atoms. The monoisotopic (exact) mass is 278 g/mol. The third kappa shape index (κ3) is 2.50. The summed E-state index contributed by atoms with van der Waals surface area (Å²) in [5.74, 6) is 0.901. The molecule has 0 aliphatic carbocycles. The molecular formula is C16H22O2S. The van der Waals surface area contributed by atoms with E-state index >= 15 is 0 Å². The molecule has 1 aromatic carbocycles. The van der Waals surface area contributed by atoms with Crippen LogP contribution in [-0.2, 0) is 5.60 Å². The van der Waals surface area contributed by atoms with E-state index in [1.165, 1.54) is 19.3 Å². The first-order chi connectivity index (χ1) is 9.10. The summed E-state index contributed by atoms with van der Waals surface area (Å²) < 4.78 is 5.31. The fraction of sp³-hybridized carbons (Fsp3) is 0.625. The van der Waals surface area contributed by atoms with E-state index in [0.29, 0.717) is 10.5 Å². The third-order valence-electron chi connectivity index (χ3n) is 4.50. The van der Waals surface area contributed by atoms with Gasteiger partial charge in [0.25, 0.3) is 0 Å². The van der Waals surface area contributed by atoms with Crippen molar-refractivity contribution in [1.29, 1.82) is 0 Å². The zero-order valence-corrected chi connectivity index (χ0v) is 12.5. The number of rotatable bonds is 2. The van der Waals surface area contributed by atoms with Crippen molar-refractivity contribution in [2.45, 2.75) is 55.1 Å². The molecule has 1 aromatic rings. The molecule has 2 heterocycles. The number of fused-ring (bicyclic) bond motifs is 2. The Balaban J connectivity index is 1.89. The van der Waals surface area contributed by atoms with E-state index in [-0.39, 0.29) is 0 Å². The Bertz CT molecular complexity index is 460. The van der Waals surface area contributed by atoms with Crippen LogP contribution in [0.4, 0.5) is 0 Å². The summed E-state index contributed by atoms with van der Waals surface area (Å²) in [5, 5.41) is 12.4. The van der Waals surface area contributed by atoms with Gasteiger partial charge in [0.15, 0.2) is 0 Å². The summed E-state index contributed by atoms with van der Waals surface area (Å²) >= 11 is 2.10. The Morgan fingerprint density at radius 1 is 1.26 bits per heavy atom. The van der Waals surface area contributed by atoms with Crippen LogP contribution in [0.1, 0.15) is 43.2 Å². The lowest BCUT2D eigenvalue weighted by Gasteiger charge is -2.44. The zero-order valence-electron chi connectivity index (χ0n) is 11.7. The lowest BCUT2D eigenvalue weighted by Crippen LogP contribution is -2.40. The summed E-state index contributed by atoms with van der Waals surface area (Å²) in [6, 6.07) is 6.13. The first-order valence-electron chi connectivity index (χ1n) is 7.14. The van der Waals surface area contributed by atoms with Crippen molar-refractivity contribution >= 4 is 11.8 Å². The molecule has 0 radical (unpaired) electrons. The van der Waals surface area contributed by atoms with Crippen LogP contribution >= 0.6 is 11.8 Å². The van der Waals surface area contributed by atoms with E-state index in [9.17, 15) is 5.11 Å². The molecule has 2 bridgehead atoms. The molecule has 2 unspecified atom stereocenters. The molecule has 2 nitrogen and oxygen atoms in total. The van der Waals surface area contributed by atoms with E-state index in [0.717, 1.165) is 29.7 Å². The molecule has 2 aliphatic heterocycles. The van der Waals surface area contributed by atoms with Crippen LogP contribution in [-0.4, -0.2) is 22.7 Å². The van der Waals surface area contributed by atoms with Gasteiger partial charge < -0.3 is 9.84 Å². The summed E-state index contributed by atoms with van der Waals surface area (Å²) in [7, 11) is 1.69. The number of aryl methyl sites for hydroxylation is 1. The van der Waals surface area contributed by atoms with Gasteiger partial charge in [-0.1, -0.05) is 12.5 Å². The maximum Gasteiger partial charge on any atom is 0.121 e. The molecule has 0 amide bonds. The van der Waals surface area contributed by atoms with Crippen LogP contribution in [0.25, 0.3) is 0 Å². The Morgan fingerprint density at radius 2 is 1.95 bits per heavy atom. The van der Waals surface area contributed by atoms with Gasteiger partial charge in [-0.15, -0.1) is 0 Å². The van der Waals surface area contributed by atoms with Crippen LogP contribution in [0, 0.1) is 6.92 Å². The van der Waals surface area contributed by atoms with Crippen molar-refractivity contribution in [2.75, 3.05) is 7.11 Å². The topological polar surface area (TPSA) is 29.5 Å². The van der Waals surface area contributed by atoms with Crippen LogP contribution in [0.5, 0.6) is 5.75 Å². The van der Waals surface area contributed by atoms with Crippen LogP contribution < -0.4 is 4.74 Å². The fourth-order valence-corrected chi connectivity index (χ4v) is 5.42. The normalized spacial score (nSPS) is 34.1. The molecule has 2 saturated heterocycles. The summed E-state index contributed by atoms with van der Waals surface area (Å²) in [5.41, 5.74) is 1.55. The van der Waals surface area contributed by atoms with Crippen molar-refractivity contribution in [2.24, 2.45) is 0 Å². The van der Waals surface area contributed by atoms with Crippen LogP contribution in [0.2, 0.25) is 0 Å². The standard InChI is InChI=1S/C16H22O2S/c1-11-8-12(6-7-15(11)18-2)16(17)9-13-4-3-5-14(10-16)19-13/h6-8,13-14,17H,3-5,9-10H2,1-2H3. The number of benzene rings is 1. The third-order valence-corrected chi connectivity index (χ3v) is 6.07. The quantitative estimate of drug-likeness (QED) is 0.895. The summed E-state index contributed by atoms with van der Waals surface area (Å²) in [6.07, 6.45) is 5.66. The molecule has 2 aliphatic rings. The number of thioether (sulfide) groups is 1. The van der Waals surface area contributed by atoms with Crippen molar-refractivity contribution in [3.63, 3.8) is 0 Å². The van der Waals surface area contributed by atoms with E-state index in [1.807, 2.05) is 19.1 Å². The minimum Gasteiger partial charge on any atom is -0.496 e. The highest BCUT2D eigenvalue weighted by Crippen LogP contribution is 2.49. The summed E-state index contributed by atoms with van der Waals surface area (Å²) in [4.78, 5) is 0. The second-order valence-corrected chi connectivity index (χ2v) is 7.54. The molecule has 2 fully saturated rings. The molecule has 104 valence electrons. The van der Waals surface area contributed by atoms with E-state index in [4.69, 9.17) is 4.74 Å². The largest absolute Gasteiger partial charge is 0.496 e. The van der Waals surface area contributed by atoms with Crippen molar-refractivity contribution in [3.05, 3.63) is 29.3 Å². The first kappa shape index (κ1) is 13.3. The zero-order chi connectivity index (χ0) is 13.5. The van der Waals surface area contributed by atoms with E-state index in [1.54, 1.807) is 7.11 Å². The van der Waals surface area contributed by atoms with Gasteiger partial charge in [-0.2, -0.15) is 11.8 Å². The maximum atomic E-state index is 11.1. The van der Waals surface area contributed by atoms with Gasteiger partial charge in [0, 0.05) is 10.5 Å². The van der Waals surface area contributed by atoms with Gasteiger partial charge in [-0.25, -0.2) is 0 Å². The smallest absolute Gasteiger partial charge is 0.121 e. The van der Waals surface area contributed by atoms with Crippen molar-refractivity contribution < 1.29 is 9.84 Å². The van der Waals surface area contributed by atoms with E-state index in [2.05, 4.69) is 17.8 Å². The van der Waals surface area contributed by atoms with Gasteiger partial charge in [0.05, 0.1) is 12.7 Å². The maximum absolute atomic E-state index is 11.1. The molecule has 0 aromatic heterocycles. The van der Waals surface area contributed by atoms with Gasteiger partial charge in [-0.3, -0.25) is 0 Å². The minimum atomic E-state index is -0.627. The number of hydrogen-bond donors (Lipinski definition) is 1. The van der Waals surface area contributed by atoms with Gasteiger partial charge >= 0.3 is 0 Å². The molecule has 3 heteroatoms. The number of methoxy groups -OCH3 is 1. The highest BCUT2D eigenvalue weighted by atomic mass is 32.2. The molecule has 0 saturated carbocycles. The lowest BCUT2D eigenvalue weighted by molar-refractivity contribution is 0.00804. The molecule has 3 rings (SSSR count). The first-order valence-corrected chi connectivity index (χ1v) is 8.08. The van der Waals surface area contributed by atoms with Gasteiger partial charge in [0.2, 0.25) is 0 Å². The van der Waals surface area contributed by atoms with Crippen molar-refractivity contribution in [3.8, 4) is 5.75 Å². The SMILES string of the molecule is COc1ccc(C2(O)CC3CCCC(C2)S3)cc1C.